The van der Waals surface area contributed by atoms with Gasteiger partial charge < -0.3 is 41.3 Å². The fourth-order valence-electron chi connectivity index (χ4n) is 9.62. The number of likely N-dealkylation sites (tertiary alicyclic amines) is 1. The molecule has 2 fully saturated rings. The van der Waals surface area contributed by atoms with Gasteiger partial charge >= 0.3 is 6.09 Å². The highest BCUT2D eigenvalue weighted by Crippen LogP contribution is 2.37. The van der Waals surface area contributed by atoms with Gasteiger partial charge in [-0.15, -0.1) is 0 Å². The molecule has 4 rings (SSSR count). The summed E-state index contributed by atoms with van der Waals surface area (Å²) in [6, 6.07) is 8.58. The number of guanidine groups is 1. The fraction of sp³-hybridized carbons (Fsp3) is 0.627. The molecule has 69 heavy (non-hydrogen) atoms. The smallest absolute Gasteiger partial charge is 0.408 e. The Morgan fingerprint density at radius 1 is 0.986 bits per heavy atom. The Balaban J connectivity index is 1.57. The number of benzene rings is 2. The van der Waals surface area contributed by atoms with Crippen LogP contribution in [-0.2, 0) is 35.6 Å². The lowest BCUT2D eigenvalue weighted by Crippen LogP contribution is -2.64. The standard InChI is InChI=1S/C51H80N8O9S/c1-32(2)27-38(55-48(63)68-49(6,7)8)24-23-37(29-36-19-15-14-16-20-36)46(62)58-26-18-22-41(58)45(61)56-40(44(60)54-39-30-50(9,10)59(64)51(11,12)31-39)21-17-25-53-47(52)57-69(65,66)43-33(3)28-42(67-13)34(4)35(43)5/h14-16,19-20,23-24,28,32,37-41,64H,17-18,21-22,25-27,29-31H2,1-13H3,(H,54,60)(H,55,63)(H,56,61)(H3,52,53,57)/b24-23+/t37-,38-,40+,41+/m1/s1. The minimum Gasteiger partial charge on any atom is -0.496 e. The molecule has 4 amide bonds. The van der Waals surface area contributed by atoms with E-state index in [1.54, 1.807) is 52.5 Å². The van der Waals surface area contributed by atoms with E-state index in [9.17, 15) is 32.8 Å². The van der Waals surface area contributed by atoms with Crippen molar-refractivity contribution in [2.24, 2.45) is 22.6 Å². The number of hydrogen-bond donors (Lipinski definition) is 6. The van der Waals surface area contributed by atoms with Crippen LogP contribution in [0.4, 0.5) is 4.79 Å². The molecule has 2 aromatic carbocycles. The number of carbonyl (C=O) groups excluding carboxylic acids is 4. The highest BCUT2D eigenvalue weighted by molar-refractivity contribution is 7.90. The van der Waals surface area contributed by atoms with Crippen molar-refractivity contribution in [1.82, 2.24) is 30.6 Å². The Labute approximate surface area is 410 Å². The van der Waals surface area contributed by atoms with E-state index in [0.717, 1.165) is 5.56 Å². The van der Waals surface area contributed by atoms with Gasteiger partial charge in [0.15, 0.2) is 0 Å². The van der Waals surface area contributed by atoms with Crippen molar-refractivity contribution in [3.05, 3.63) is 70.8 Å². The van der Waals surface area contributed by atoms with E-state index in [4.69, 9.17) is 15.2 Å². The third-order valence-electron chi connectivity index (χ3n) is 12.7. The van der Waals surface area contributed by atoms with Gasteiger partial charge in [0.25, 0.3) is 10.0 Å². The Hall–Kier alpha value is -5.20. The summed E-state index contributed by atoms with van der Waals surface area (Å²) in [6.07, 6.45) is 6.24. The van der Waals surface area contributed by atoms with Gasteiger partial charge in [-0.25, -0.2) is 17.9 Å². The fourth-order valence-corrected chi connectivity index (χ4v) is 11.1. The Bertz CT molecular complexity index is 2270. The zero-order chi connectivity index (χ0) is 51.6. The summed E-state index contributed by atoms with van der Waals surface area (Å²) in [5.74, 6) is -1.39. The first kappa shape index (κ1) is 56.4. The average Bonchev–Trinajstić information content (AvgIpc) is 3.73. The lowest BCUT2D eigenvalue weighted by molar-refractivity contribution is -0.246. The largest absolute Gasteiger partial charge is 0.496 e. The second-order valence-corrected chi connectivity index (χ2v) is 23.0. The number of rotatable bonds is 19. The van der Waals surface area contributed by atoms with Crippen molar-refractivity contribution in [2.75, 3.05) is 20.2 Å². The van der Waals surface area contributed by atoms with Crippen LogP contribution in [0.2, 0.25) is 0 Å². The monoisotopic (exact) mass is 981 g/mol. The third kappa shape index (κ3) is 15.9. The quantitative estimate of drug-likeness (QED) is 0.0393. The zero-order valence-electron chi connectivity index (χ0n) is 43.2. The molecule has 18 heteroatoms. The molecule has 2 aliphatic heterocycles. The molecule has 0 aromatic heterocycles. The Morgan fingerprint density at radius 2 is 1.62 bits per heavy atom. The van der Waals surface area contributed by atoms with E-state index in [-0.39, 0.29) is 48.1 Å². The highest BCUT2D eigenvalue weighted by atomic mass is 32.2. The van der Waals surface area contributed by atoms with Gasteiger partial charge in [-0.05, 0) is 155 Å². The van der Waals surface area contributed by atoms with Crippen LogP contribution < -0.4 is 31.1 Å². The Morgan fingerprint density at radius 3 is 2.22 bits per heavy atom. The summed E-state index contributed by atoms with van der Waals surface area (Å²) in [4.78, 5) is 62.2. The summed E-state index contributed by atoms with van der Waals surface area (Å²) in [7, 11) is -2.60. The first-order valence-corrected chi connectivity index (χ1v) is 25.6. The summed E-state index contributed by atoms with van der Waals surface area (Å²) < 4.78 is 40.4. The number of ether oxygens (including phenoxy) is 2. The number of hydrogen-bond acceptors (Lipinski definition) is 11. The summed E-state index contributed by atoms with van der Waals surface area (Å²) in [5, 5.41) is 21.3. The van der Waals surface area contributed by atoms with Crippen LogP contribution >= 0.6 is 0 Å². The number of alkyl carbamates (subject to hydrolysis) is 1. The summed E-state index contributed by atoms with van der Waals surface area (Å²) in [5.41, 5.74) is 6.71. The van der Waals surface area contributed by atoms with Gasteiger partial charge in [0.2, 0.25) is 23.7 Å². The molecule has 0 spiro atoms. The number of nitrogens with two attached hydrogens (primary N) is 1. The molecule has 2 heterocycles. The van der Waals surface area contributed by atoms with Crippen LogP contribution in [0, 0.1) is 32.6 Å². The van der Waals surface area contributed by atoms with Crippen LogP contribution in [0.25, 0.3) is 0 Å². The van der Waals surface area contributed by atoms with E-state index in [0.29, 0.717) is 67.5 Å². The van der Waals surface area contributed by atoms with E-state index >= 15 is 0 Å². The molecule has 4 atom stereocenters. The van der Waals surface area contributed by atoms with Crippen LogP contribution in [0.1, 0.15) is 130 Å². The van der Waals surface area contributed by atoms with Crippen LogP contribution in [-0.4, -0.2) is 114 Å². The number of piperidine rings is 1. The SMILES string of the molecule is COc1cc(C)c(S(=O)(=O)NC(N)=NCCC[C@H](NC(=O)[C@@H]2CCCN2C(=O)[C@H](/C=C/[C@H](CC(C)C)NC(=O)OC(C)(C)C)Cc2ccccc2)C(=O)NC2CC(C)(C)N(O)C(C)(C)C2)c(C)c1C. The number of aliphatic imine (C=N–C) groups is 1. The summed E-state index contributed by atoms with van der Waals surface area (Å²) >= 11 is 0. The number of amides is 4. The predicted octanol–water partition coefficient (Wildman–Crippen LogP) is 6.35. The minimum absolute atomic E-state index is 0.0265. The van der Waals surface area contributed by atoms with Crippen molar-refractivity contribution >= 4 is 39.8 Å². The molecule has 0 radical (unpaired) electrons. The zero-order valence-corrected chi connectivity index (χ0v) is 44.0. The lowest BCUT2D eigenvalue weighted by Gasteiger charge is -2.51. The maximum atomic E-state index is 14.7. The van der Waals surface area contributed by atoms with Gasteiger partial charge in [-0.2, -0.15) is 5.06 Å². The van der Waals surface area contributed by atoms with E-state index < -0.39 is 68.7 Å². The summed E-state index contributed by atoms with van der Waals surface area (Å²) in [6.45, 7) is 22.6. The third-order valence-corrected chi connectivity index (χ3v) is 14.4. The lowest BCUT2D eigenvalue weighted by atomic mass is 9.79. The molecule has 7 N–H and O–H groups in total. The molecule has 0 saturated carbocycles. The molecule has 384 valence electrons. The van der Waals surface area contributed by atoms with Crippen LogP contribution in [0.5, 0.6) is 5.75 Å². The number of hydroxylamine groups is 2. The maximum Gasteiger partial charge on any atom is 0.408 e. The molecule has 0 aliphatic carbocycles. The number of sulfonamides is 1. The predicted molar refractivity (Wildman–Crippen MR) is 268 cm³/mol. The van der Waals surface area contributed by atoms with E-state index in [2.05, 4.69) is 25.7 Å². The number of aryl methyl sites for hydroxylation is 1. The number of nitrogens with one attached hydrogen (secondary N) is 4. The molecule has 2 saturated heterocycles. The first-order chi connectivity index (χ1) is 32.0. The maximum absolute atomic E-state index is 14.7. The van der Waals surface area contributed by atoms with Crippen LogP contribution in [0.15, 0.2) is 58.4 Å². The molecular weight excluding hydrogens is 901 g/mol. The van der Waals surface area contributed by atoms with Gasteiger partial charge in [0, 0.05) is 30.2 Å². The average molecular weight is 981 g/mol. The number of methoxy groups -OCH3 is 1. The normalized spacial score (nSPS) is 19.2. The Kier molecular flexibility index (Phi) is 19.3. The second-order valence-electron chi connectivity index (χ2n) is 21.4. The molecule has 2 aliphatic rings. The van der Waals surface area contributed by atoms with Gasteiger partial charge in [-0.3, -0.25) is 19.4 Å². The second kappa shape index (κ2) is 23.6. The molecule has 17 nitrogen and oxygen atoms in total. The van der Waals surface area contributed by atoms with Crippen molar-refractivity contribution in [3.8, 4) is 5.75 Å². The van der Waals surface area contributed by atoms with Gasteiger partial charge in [0.1, 0.15) is 23.4 Å². The van der Waals surface area contributed by atoms with Crippen molar-refractivity contribution in [1.29, 1.82) is 0 Å². The highest BCUT2D eigenvalue weighted by Gasteiger charge is 2.46. The van der Waals surface area contributed by atoms with Crippen LogP contribution in [0.3, 0.4) is 0 Å². The van der Waals surface area contributed by atoms with Gasteiger partial charge in [0.05, 0.1) is 24.0 Å². The van der Waals surface area contributed by atoms with Crippen molar-refractivity contribution < 1.29 is 42.3 Å². The number of carbonyl (C=O) groups is 4. The van der Waals surface area contributed by atoms with E-state index in [1.807, 2.05) is 84.0 Å². The van der Waals surface area contributed by atoms with Gasteiger partial charge in [-0.1, -0.05) is 56.3 Å². The first-order valence-electron chi connectivity index (χ1n) is 24.1. The van der Waals surface area contributed by atoms with E-state index in [1.165, 1.54) is 12.2 Å². The molecular formula is C51H80N8O9S. The number of nitrogens with zero attached hydrogens (tertiary/aromatic N) is 3. The molecule has 0 bridgehead atoms. The minimum atomic E-state index is -4.12. The molecule has 2 aromatic rings. The van der Waals surface area contributed by atoms with Crippen molar-refractivity contribution in [3.63, 3.8) is 0 Å². The van der Waals surface area contributed by atoms with Crippen molar-refractivity contribution in [2.45, 2.75) is 180 Å². The molecule has 0 unspecified atom stereocenters. The topological polar surface area (TPSA) is 234 Å².